The molecular formula is C11H12N4OS. The largest absolute Gasteiger partial charge is 0.382 e. The van der Waals surface area contributed by atoms with Crippen LogP contribution in [0.5, 0.6) is 0 Å². The van der Waals surface area contributed by atoms with E-state index in [0.29, 0.717) is 5.82 Å². The Labute approximate surface area is 103 Å². The second-order valence-electron chi connectivity index (χ2n) is 3.60. The van der Waals surface area contributed by atoms with Crippen molar-refractivity contribution in [1.82, 2.24) is 15.5 Å². The van der Waals surface area contributed by atoms with E-state index in [-0.39, 0.29) is 17.6 Å². The fourth-order valence-corrected chi connectivity index (χ4v) is 2.09. The number of nitrogen functional groups attached to an aromatic ring is 1. The smallest absolute Gasteiger partial charge is 0.272 e. The van der Waals surface area contributed by atoms with Gasteiger partial charge < -0.3 is 11.1 Å². The maximum Gasteiger partial charge on any atom is 0.272 e. The number of hydrogen-bond donors (Lipinski definition) is 2. The Morgan fingerprint density at radius 3 is 2.82 bits per heavy atom. The van der Waals surface area contributed by atoms with Crippen LogP contribution in [0.1, 0.15) is 29.0 Å². The first-order chi connectivity index (χ1) is 8.16. The number of thiophene rings is 1. The molecule has 2 aromatic heterocycles. The van der Waals surface area contributed by atoms with E-state index in [2.05, 4.69) is 15.5 Å². The number of amides is 1. The summed E-state index contributed by atoms with van der Waals surface area (Å²) in [5.74, 6) is 0.0450. The number of carbonyl (C=O) groups excluding carboxylic acids is 1. The van der Waals surface area contributed by atoms with Crippen molar-refractivity contribution in [3.63, 3.8) is 0 Å². The second-order valence-corrected chi connectivity index (χ2v) is 4.38. The van der Waals surface area contributed by atoms with Gasteiger partial charge in [0.25, 0.3) is 5.91 Å². The summed E-state index contributed by atoms with van der Waals surface area (Å²) in [6, 6.07) is 5.03. The maximum atomic E-state index is 11.8. The van der Waals surface area contributed by atoms with Crippen molar-refractivity contribution < 1.29 is 4.79 Å². The molecule has 5 nitrogen and oxygen atoms in total. The van der Waals surface area contributed by atoms with Crippen molar-refractivity contribution in [3.8, 4) is 0 Å². The van der Waals surface area contributed by atoms with Gasteiger partial charge in [0, 0.05) is 0 Å². The first-order valence-electron chi connectivity index (χ1n) is 5.09. The molecular weight excluding hydrogens is 236 g/mol. The second kappa shape index (κ2) is 4.92. The predicted molar refractivity (Wildman–Crippen MR) is 66.6 cm³/mol. The van der Waals surface area contributed by atoms with Gasteiger partial charge in [-0.15, -0.1) is 10.2 Å². The third-order valence-electron chi connectivity index (χ3n) is 2.31. The van der Waals surface area contributed by atoms with Gasteiger partial charge in [-0.3, -0.25) is 4.79 Å². The van der Waals surface area contributed by atoms with Gasteiger partial charge in [-0.1, -0.05) is 0 Å². The molecule has 17 heavy (non-hydrogen) atoms. The van der Waals surface area contributed by atoms with Gasteiger partial charge in [0.05, 0.1) is 6.04 Å². The Morgan fingerprint density at radius 1 is 1.41 bits per heavy atom. The van der Waals surface area contributed by atoms with Gasteiger partial charge in [0.1, 0.15) is 5.82 Å². The number of nitrogens with zero attached hydrogens (tertiary/aromatic N) is 2. The molecule has 88 valence electrons. The van der Waals surface area contributed by atoms with E-state index < -0.39 is 0 Å². The first-order valence-corrected chi connectivity index (χ1v) is 6.03. The fourth-order valence-electron chi connectivity index (χ4n) is 1.34. The lowest BCUT2D eigenvalue weighted by atomic mass is 10.2. The van der Waals surface area contributed by atoms with Crippen molar-refractivity contribution in [2.75, 3.05) is 5.73 Å². The molecule has 0 aromatic carbocycles. The molecule has 6 heteroatoms. The van der Waals surface area contributed by atoms with Crippen LogP contribution in [-0.4, -0.2) is 16.1 Å². The summed E-state index contributed by atoms with van der Waals surface area (Å²) in [4.78, 5) is 11.8. The number of rotatable bonds is 3. The van der Waals surface area contributed by atoms with Crippen LogP contribution in [-0.2, 0) is 0 Å². The third kappa shape index (κ3) is 2.79. The SMILES string of the molecule is CC(NC(=O)c1ccc(N)nn1)c1ccsc1. The van der Waals surface area contributed by atoms with E-state index in [0.717, 1.165) is 5.56 Å². The Morgan fingerprint density at radius 2 is 2.24 bits per heavy atom. The Kier molecular flexibility index (Phi) is 3.34. The van der Waals surface area contributed by atoms with E-state index in [1.807, 2.05) is 23.8 Å². The van der Waals surface area contributed by atoms with Crippen LogP contribution in [0.4, 0.5) is 5.82 Å². The molecule has 0 aliphatic carbocycles. The molecule has 0 saturated heterocycles. The predicted octanol–water partition coefficient (Wildman–Crippen LogP) is 1.61. The number of aromatic nitrogens is 2. The highest BCUT2D eigenvalue weighted by atomic mass is 32.1. The van der Waals surface area contributed by atoms with Crippen molar-refractivity contribution in [2.24, 2.45) is 0 Å². The van der Waals surface area contributed by atoms with Gasteiger partial charge >= 0.3 is 0 Å². The van der Waals surface area contributed by atoms with Gasteiger partial charge in [0.15, 0.2) is 5.69 Å². The molecule has 2 heterocycles. The van der Waals surface area contributed by atoms with E-state index in [4.69, 9.17) is 5.73 Å². The minimum absolute atomic E-state index is 0.0481. The van der Waals surface area contributed by atoms with Crippen molar-refractivity contribution >= 4 is 23.1 Å². The minimum atomic E-state index is -0.254. The molecule has 1 atom stereocenters. The molecule has 0 aliphatic heterocycles. The van der Waals surface area contributed by atoms with Crippen molar-refractivity contribution in [3.05, 3.63) is 40.2 Å². The standard InChI is InChI=1S/C11H12N4OS/c1-7(8-4-5-17-6-8)13-11(16)9-2-3-10(12)15-14-9/h2-7H,1H3,(H2,12,15)(H,13,16). The van der Waals surface area contributed by atoms with Crippen molar-refractivity contribution in [2.45, 2.75) is 13.0 Å². The molecule has 1 unspecified atom stereocenters. The fraction of sp³-hybridized carbons (Fsp3) is 0.182. The molecule has 0 aliphatic rings. The highest BCUT2D eigenvalue weighted by Gasteiger charge is 2.12. The lowest BCUT2D eigenvalue weighted by Crippen LogP contribution is -2.27. The van der Waals surface area contributed by atoms with Gasteiger partial charge in [-0.25, -0.2) is 0 Å². The van der Waals surface area contributed by atoms with Crippen LogP contribution in [0.3, 0.4) is 0 Å². The first kappa shape index (κ1) is 11.5. The van der Waals surface area contributed by atoms with Crippen LogP contribution in [0.2, 0.25) is 0 Å². The Bertz CT molecular complexity index is 495. The minimum Gasteiger partial charge on any atom is -0.382 e. The van der Waals surface area contributed by atoms with Crippen LogP contribution in [0.25, 0.3) is 0 Å². The van der Waals surface area contributed by atoms with E-state index in [1.165, 1.54) is 0 Å². The number of anilines is 1. The van der Waals surface area contributed by atoms with Gasteiger partial charge in [-0.2, -0.15) is 11.3 Å². The topological polar surface area (TPSA) is 80.9 Å². The summed E-state index contributed by atoms with van der Waals surface area (Å²) >= 11 is 1.60. The zero-order chi connectivity index (χ0) is 12.3. The normalized spacial score (nSPS) is 12.1. The summed E-state index contributed by atoms with van der Waals surface area (Å²) in [5.41, 5.74) is 6.74. The number of nitrogens with two attached hydrogens (primary N) is 1. The Balaban J connectivity index is 2.04. The average Bonchev–Trinajstić information content (AvgIpc) is 2.83. The summed E-state index contributed by atoms with van der Waals surface area (Å²) in [6.07, 6.45) is 0. The van der Waals surface area contributed by atoms with Crippen LogP contribution < -0.4 is 11.1 Å². The molecule has 0 fully saturated rings. The summed E-state index contributed by atoms with van der Waals surface area (Å²) < 4.78 is 0. The molecule has 0 radical (unpaired) electrons. The van der Waals surface area contributed by atoms with Crippen LogP contribution >= 0.6 is 11.3 Å². The quantitative estimate of drug-likeness (QED) is 0.864. The lowest BCUT2D eigenvalue weighted by Gasteiger charge is -2.11. The molecule has 0 bridgehead atoms. The van der Waals surface area contributed by atoms with E-state index in [9.17, 15) is 4.79 Å². The van der Waals surface area contributed by atoms with E-state index >= 15 is 0 Å². The summed E-state index contributed by atoms with van der Waals surface area (Å²) in [6.45, 7) is 1.92. The number of nitrogens with one attached hydrogen (secondary N) is 1. The molecule has 0 spiro atoms. The van der Waals surface area contributed by atoms with Crippen molar-refractivity contribution in [1.29, 1.82) is 0 Å². The average molecular weight is 248 g/mol. The number of carbonyl (C=O) groups is 1. The maximum absolute atomic E-state index is 11.8. The van der Waals surface area contributed by atoms with E-state index in [1.54, 1.807) is 23.5 Å². The molecule has 1 amide bonds. The van der Waals surface area contributed by atoms with Crippen LogP contribution in [0.15, 0.2) is 29.0 Å². The highest BCUT2D eigenvalue weighted by molar-refractivity contribution is 7.07. The Hall–Kier alpha value is -1.95. The zero-order valence-electron chi connectivity index (χ0n) is 9.25. The molecule has 2 rings (SSSR count). The number of hydrogen-bond acceptors (Lipinski definition) is 5. The molecule has 0 saturated carbocycles. The third-order valence-corrected chi connectivity index (χ3v) is 3.01. The zero-order valence-corrected chi connectivity index (χ0v) is 10.1. The van der Waals surface area contributed by atoms with Gasteiger partial charge in [-0.05, 0) is 41.4 Å². The van der Waals surface area contributed by atoms with Gasteiger partial charge in [0.2, 0.25) is 0 Å². The van der Waals surface area contributed by atoms with Crippen LogP contribution in [0, 0.1) is 0 Å². The highest BCUT2D eigenvalue weighted by Crippen LogP contribution is 2.15. The summed E-state index contributed by atoms with van der Waals surface area (Å²) in [7, 11) is 0. The monoisotopic (exact) mass is 248 g/mol. The molecule has 2 aromatic rings. The summed E-state index contributed by atoms with van der Waals surface area (Å²) in [5, 5.41) is 14.2. The molecule has 3 N–H and O–H groups in total. The lowest BCUT2D eigenvalue weighted by molar-refractivity contribution is 0.0934.